The van der Waals surface area contributed by atoms with Crippen LogP contribution in [0.3, 0.4) is 0 Å². The molecule has 0 heterocycles. The number of hydrogen-bond donors (Lipinski definition) is 0. The van der Waals surface area contributed by atoms with Gasteiger partial charge in [-0.3, -0.25) is 0 Å². The van der Waals surface area contributed by atoms with Gasteiger partial charge >= 0.3 is 0 Å². The smallest absolute Gasteiger partial charge is 0.0249 e. The lowest BCUT2D eigenvalue weighted by Gasteiger charge is -1.88. The summed E-state index contributed by atoms with van der Waals surface area (Å²) in [5.41, 5.74) is 1.99. The molecule has 0 radical (unpaired) electrons. The minimum absolute atomic E-state index is 0.969. The van der Waals surface area contributed by atoms with Crippen molar-refractivity contribution in [2.24, 2.45) is 0 Å². The predicted molar refractivity (Wildman–Crippen MR) is 66.4 cm³/mol. The Hall–Kier alpha value is -2.00. The maximum Gasteiger partial charge on any atom is 0.0249 e. The average molecular weight is 194 g/mol. The van der Waals surface area contributed by atoms with Crippen molar-refractivity contribution in [1.29, 1.82) is 0 Å². The maximum absolute atomic E-state index is 3.66. The summed E-state index contributed by atoms with van der Waals surface area (Å²) >= 11 is 0. The van der Waals surface area contributed by atoms with Crippen LogP contribution < -0.4 is 0 Å². The van der Waals surface area contributed by atoms with Crippen LogP contribution in [0.4, 0.5) is 0 Å². The third-order valence-electron chi connectivity index (χ3n) is 1.77. The second-order valence-corrected chi connectivity index (χ2v) is 2.97. The van der Waals surface area contributed by atoms with Crippen LogP contribution >= 0.6 is 0 Å². The molecule has 0 saturated carbocycles. The molecule has 0 atom stereocenters. The molecule has 74 valence electrons. The summed E-state index contributed by atoms with van der Waals surface area (Å²) < 4.78 is 0. The van der Waals surface area contributed by atoms with E-state index in [0.29, 0.717) is 0 Å². The first-order chi connectivity index (χ1) is 7.36. The first kappa shape index (κ1) is 11.1. The van der Waals surface area contributed by atoms with E-state index in [-0.39, 0.29) is 0 Å². The third kappa shape index (κ3) is 4.15. The van der Waals surface area contributed by atoms with Crippen molar-refractivity contribution in [1.82, 2.24) is 0 Å². The molecule has 0 saturated heterocycles. The van der Waals surface area contributed by atoms with E-state index in [1.165, 1.54) is 0 Å². The molecule has 0 heteroatoms. The fraction of sp³-hybridized carbons (Fsp3) is 0.0667. The van der Waals surface area contributed by atoms with Crippen LogP contribution in [0.5, 0.6) is 0 Å². The summed E-state index contributed by atoms with van der Waals surface area (Å²) in [5, 5.41) is 0. The molecule has 1 rings (SSSR count). The summed E-state index contributed by atoms with van der Waals surface area (Å²) in [4.78, 5) is 0. The van der Waals surface area contributed by atoms with Gasteiger partial charge in [0.25, 0.3) is 0 Å². The molecule has 0 aliphatic carbocycles. The zero-order valence-corrected chi connectivity index (χ0v) is 8.90. The Kier molecular flexibility index (Phi) is 4.77. The molecule has 0 nitrogen and oxygen atoms in total. The van der Waals surface area contributed by atoms with E-state index in [1.54, 1.807) is 6.08 Å². The molecular weight excluding hydrogens is 180 g/mol. The van der Waals surface area contributed by atoms with Crippen molar-refractivity contribution in [3.05, 3.63) is 72.4 Å². The standard InChI is InChI=1S/C15H14/c1-3-8-14(9-4-2)12-13-15-10-6-5-7-11-15/h3-11H,1H2,2H3/b9-4-,14-8+. The largest absolute Gasteiger partial charge is 0.0990 e. The number of benzene rings is 1. The molecule has 0 aromatic heterocycles. The topological polar surface area (TPSA) is 0 Å². The van der Waals surface area contributed by atoms with Gasteiger partial charge in [-0.15, -0.1) is 0 Å². The average Bonchev–Trinajstić information content (AvgIpc) is 2.28. The highest BCUT2D eigenvalue weighted by Crippen LogP contribution is 1.99. The van der Waals surface area contributed by atoms with E-state index in [1.807, 2.05) is 55.5 Å². The van der Waals surface area contributed by atoms with E-state index in [9.17, 15) is 0 Å². The SMILES string of the molecule is C=C/C=C(C#Cc1ccccc1)\C=C/C. The minimum Gasteiger partial charge on any atom is -0.0990 e. The lowest BCUT2D eigenvalue weighted by atomic mass is 10.2. The van der Waals surface area contributed by atoms with E-state index in [4.69, 9.17) is 0 Å². The van der Waals surface area contributed by atoms with Gasteiger partial charge in [0.15, 0.2) is 0 Å². The van der Waals surface area contributed by atoms with Gasteiger partial charge in [0.1, 0.15) is 0 Å². The molecule has 0 aliphatic heterocycles. The Morgan fingerprint density at radius 2 is 2.00 bits per heavy atom. The van der Waals surface area contributed by atoms with E-state index in [0.717, 1.165) is 11.1 Å². The second-order valence-electron chi connectivity index (χ2n) is 2.97. The molecule has 0 spiro atoms. The van der Waals surface area contributed by atoms with Gasteiger partial charge in [-0.25, -0.2) is 0 Å². The molecule has 0 N–H and O–H groups in total. The van der Waals surface area contributed by atoms with Crippen LogP contribution in [-0.4, -0.2) is 0 Å². The van der Waals surface area contributed by atoms with Crippen molar-refractivity contribution in [2.45, 2.75) is 6.92 Å². The Balaban J connectivity index is 2.88. The molecule has 0 unspecified atom stereocenters. The summed E-state index contributed by atoms with van der Waals surface area (Å²) in [5.74, 6) is 6.19. The zero-order valence-electron chi connectivity index (χ0n) is 8.90. The Morgan fingerprint density at radius 3 is 2.60 bits per heavy atom. The normalized spacial score (nSPS) is 10.9. The van der Waals surface area contributed by atoms with Crippen LogP contribution in [0.25, 0.3) is 0 Å². The lowest BCUT2D eigenvalue weighted by molar-refractivity contribution is 1.63. The Bertz CT molecular complexity index is 422. The summed E-state index contributed by atoms with van der Waals surface area (Å²) in [6.07, 6.45) is 7.58. The van der Waals surface area contributed by atoms with Crippen molar-refractivity contribution in [2.75, 3.05) is 0 Å². The molecule has 0 amide bonds. The van der Waals surface area contributed by atoms with Gasteiger partial charge in [0, 0.05) is 11.1 Å². The molecular formula is C15H14. The van der Waals surface area contributed by atoms with Gasteiger partial charge < -0.3 is 0 Å². The highest BCUT2D eigenvalue weighted by Gasteiger charge is 1.84. The van der Waals surface area contributed by atoms with Gasteiger partial charge in [-0.2, -0.15) is 0 Å². The molecule has 1 aromatic carbocycles. The summed E-state index contributed by atoms with van der Waals surface area (Å²) in [6, 6.07) is 9.94. The van der Waals surface area contributed by atoms with Crippen molar-refractivity contribution < 1.29 is 0 Å². The maximum atomic E-state index is 3.66. The van der Waals surface area contributed by atoms with Crippen LogP contribution in [-0.2, 0) is 0 Å². The van der Waals surface area contributed by atoms with Gasteiger partial charge in [0.05, 0.1) is 0 Å². The summed E-state index contributed by atoms with van der Waals surface area (Å²) in [6.45, 7) is 5.63. The minimum atomic E-state index is 0.969. The second kappa shape index (κ2) is 6.45. The molecule has 0 bridgehead atoms. The third-order valence-corrected chi connectivity index (χ3v) is 1.77. The predicted octanol–water partition coefficient (Wildman–Crippen LogP) is 3.73. The van der Waals surface area contributed by atoms with Crippen molar-refractivity contribution in [3.8, 4) is 11.8 Å². The van der Waals surface area contributed by atoms with E-state index in [2.05, 4.69) is 18.4 Å². The van der Waals surface area contributed by atoms with Gasteiger partial charge in [-0.05, 0) is 25.1 Å². The van der Waals surface area contributed by atoms with Gasteiger partial charge in [-0.1, -0.05) is 54.8 Å². The number of hydrogen-bond acceptors (Lipinski definition) is 0. The van der Waals surface area contributed by atoms with Crippen LogP contribution in [0.15, 0.2) is 66.8 Å². The lowest BCUT2D eigenvalue weighted by Crippen LogP contribution is -1.74. The Labute approximate surface area is 91.6 Å². The van der Waals surface area contributed by atoms with Crippen molar-refractivity contribution >= 4 is 0 Å². The van der Waals surface area contributed by atoms with E-state index < -0.39 is 0 Å². The highest BCUT2D eigenvalue weighted by molar-refractivity contribution is 5.45. The molecule has 1 aromatic rings. The monoisotopic (exact) mass is 194 g/mol. The molecule has 0 aliphatic rings. The van der Waals surface area contributed by atoms with Crippen LogP contribution in [0.1, 0.15) is 12.5 Å². The van der Waals surface area contributed by atoms with Crippen LogP contribution in [0, 0.1) is 11.8 Å². The number of allylic oxidation sites excluding steroid dienone is 5. The zero-order chi connectivity index (χ0) is 10.9. The number of rotatable bonds is 2. The van der Waals surface area contributed by atoms with Gasteiger partial charge in [0.2, 0.25) is 0 Å². The quantitative estimate of drug-likeness (QED) is 0.497. The summed E-state index contributed by atoms with van der Waals surface area (Å²) in [7, 11) is 0. The molecule has 0 fully saturated rings. The van der Waals surface area contributed by atoms with E-state index >= 15 is 0 Å². The Morgan fingerprint density at radius 1 is 1.27 bits per heavy atom. The van der Waals surface area contributed by atoms with Crippen molar-refractivity contribution in [3.63, 3.8) is 0 Å². The van der Waals surface area contributed by atoms with Crippen LogP contribution in [0.2, 0.25) is 0 Å². The fourth-order valence-electron chi connectivity index (χ4n) is 1.11. The molecule has 15 heavy (non-hydrogen) atoms. The first-order valence-electron chi connectivity index (χ1n) is 4.89. The first-order valence-corrected chi connectivity index (χ1v) is 4.89. The fourth-order valence-corrected chi connectivity index (χ4v) is 1.11. The highest BCUT2D eigenvalue weighted by atomic mass is 13.9.